The number of ether oxygens (including phenoxy) is 1. The van der Waals surface area contributed by atoms with Gasteiger partial charge in [-0.1, -0.05) is 54.6 Å². The molecule has 0 N–H and O–H groups in total. The summed E-state index contributed by atoms with van der Waals surface area (Å²) in [5.41, 5.74) is 2.44. The Morgan fingerprint density at radius 2 is 1.91 bits per heavy atom. The Morgan fingerprint density at radius 3 is 2.73 bits per heavy atom. The second-order valence-corrected chi connectivity index (χ2v) is 6.25. The van der Waals surface area contributed by atoms with Gasteiger partial charge in [0.05, 0.1) is 0 Å². The van der Waals surface area contributed by atoms with Crippen LogP contribution in [0.4, 0.5) is 0 Å². The highest BCUT2D eigenvalue weighted by molar-refractivity contribution is 5.47. The van der Waals surface area contributed by atoms with Crippen LogP contribution < -0.4 is 4.74 Å². The quantitative estimate of drug-likeness (QED) is 0.794. The number of nitrogens with zero attached hydrogens (tertiary/aromatic N) is 1. The zero-order valence-corrected chi connectivity index (χ0v) is 12.7. The van der Waals surface area contributed by atoms with Gasteiger partial charge in [-0.3, -0.25) is 4.90 Å². The smallest absolute Gasteiger partial charge is 0.143 e. The van der Waals surface area contributed by atoms with Gasteiger partial charge in [0.2, 0.25) is 0 Å². The van der Waals surface area contributed by atoms with E-state index >= 15 is 0 Å². The maximum atomic E-state index is 6.56. The molecule has 2 heteroatoms. The fourth-order valence-corrected chi connectivity index (χ4v) is 4.00. The first-order chi connectivity index (χ1) is 10.8. The van der Waals surface area contributed by atoms with Gasteiger partial charge < -0.3 is 4.74 Å². The van der Waals surface area contributed by atoms with Crippen molar-refractivity contribution in [3.05, 3.63) is 78.4 Å². The molecule has 1 saturated heterocycles. The number of para-hydroxylation sites is 1. The largest absolute Gasteiger partial charge is 0.482 e. The van der Waals surface area contributed by atoms with Crippen molar-refractivity contribution >= 4 is 0 Å². The molecule has 0 unspecified atom stereocenters. The summed E-state index contributed by atoms with van der Waals surface area (Å²) in [5.74, 6) is 1.44. The van der Waals surface area contributed by atoms with Gasteiger partial charge in [-0.15, -0.1) is 6.58 Å². The van der Waals surface area contributed by atoms with Gasteiger partial charge in [-0.2, -0.15) is 0 Å². The zero-order chi connectivity index (χ0) is 15.0. The molecule has 0 spiro atoms. The molecule has 0 amide bonds. The van der Waals surface area contributed by atoms with E-state index in [0.717, 1.165) is 31.8 Å². The lowest BCUT2D eigenvalue weighted by Crippen LogP contribution is -2.48. The van der Waals surface area contributed by atoms with Crippen LogP contribution in [0.1, 0.15) is 23.5 Å². The third-order valence-electron chi connectivity index (χ3n) is 5.04. The monoisotopic (exact) mass is 291 g/mol. The SMILES string of the molecule is C=CCN1CC[C@]2(c3ccccc3)Oc3ccccc3[C@@H]2C1. The molecule has 4 rings (SSSR count). The summed E-state index contributed by atoms with van der Waals surface area (Å²) in [6.45, 7) is 6.91. The highest BCUT2D eigenvalue weighted by atomic mass is 16.5. The van der Waals surface area contributed by atoms with E-state index in [-0.39, 0.29) is 5.60 Å². The van der Waals surface area contributed by atoms with Gasteiger partial charge in [0.25, 0.3) is 0 Å². The number of benzene rings is 2. The van der Waals surface area contributed by atoms with E-state index in [2.05, 4.69) is 66.1 Å². The first-order valence-corrected chi connectivity index (χ1v) is 8.00. The Hall–Kier alpha value is -2.06. The number of piperidine rings is 1. The van der Waals surface area contributed by atoms with Crippen molar-refractivity contribution in [2.24, 2.45) is 0 Å². The molecule has 2 aromatic carbocycles. The molecule has 0 aliphatic carbocycles. The van der Waals surface area contributed by atoms with E-state index in [1.54, 1.807) is 0 Å². The molecular formula is C20H21NO. The average Bonchev–Trinajstić information content (AvgIpc) is 2.91. The number of likely N-dealkylation sites (tertiary alicyclic amines) is 1. The van der Waals surface area contributed by atoms with E-state index in [4.69, 9.17) is 4.74 Å². The summed E-state index contributed by atoms with van der Waals surface area (Å²) in [6.07, 6.45) is 3.02. The maximum absolute atomic E-state index is 6.56. The lowest BCUT2D eigenvalue weighted by molar-refractivity contribution is 0.00305. The number of hydrogen-bond donors (Lipinski definition) is 0. The minimum atomic E-state index is -0.206. The summed E-state index contributed by atoms with van der Waals surface area (Å²) >= 11 is 0. The Kier molecular flexibility index (Phi) is 3.27. The summed E-state index contributed by atoms with van der Waals surface area (Å²) in [4.78, 5) is 2.48. The molecule has 112 valence electrons. The van der Waals surface area contributed by atoms with Gasteiger partial charge in [-0.25, -0.2) is 0 Å². The summed E-state index contributed by atoms with van der Waals surface area (Å²) in [6, 6.07) is 19.2. The molecule has 2 aromatic rings. The van der Waals surface area contributed by atoms with E-state index in [9.17, 15) is 0 Å². The van der Waals surface area contributed by atoms with Crippen LogP contribution in [0.5, 0.6) is 5.75 Å². The van der Waals surface area contributed by atoms with Crippen molar-refractivity contribution in [2.75, 3.05) is 19.6 Å². The fourth-order valence-electron chi connectivity index (χ4n) is 4.00. The van der Waals surface area contributed by atoms with E-state index < -0.39 is 0 Å². The Bertz CT molecular complexity index is 681. The van der Waals surface area contributed by atoms with Gasteiger partial charge in [0.15, 0.2) is 0 Å². The second kappa shape index (κ2) is 5.29. The van der Waals surface area contributed by atoms with E-state index in [0.29, 0.717) is 5.92 Å². The molecule has 2 atom stereocenters. The number of fused-ring (bicyclic) bond motifs is 3. The lowest BCUT2D eigenvalue weighted by atomic mass is 9.74. The predicted octanol–water partition coefficient (Wildman–Crippen LogP) is 3.95. The molecule has 1 fully saturated rings. The van der Waals surface area contributed by atoms with E-state index in [1.807, 2.05) is 6.08 Å². The third kappa shape index (κ3) is 1.98. The standard InChI is InChI=1S/C20H21NO/c1-2-13-21-14-12-20(16-8-4-3-5-9-16)18(15-21)17-10-6-7-11-19(17)22-20/h2-11,18H,1,12-15H2/t18-,20+/m0/s1. The van der Waals surface area contributed by atoms with Crippen LogP contribution in [0.25, 0.3) is 0 Å². The summed E-state index contributed by atoms with van der Waals surface area (Å²) in [7, 11) is 0. The summed E-state index contributed by atoms with van der Waals surface area (Å²) in [5, 5.41) is 0. The van der Waals surface area contributed by atoms with Crippen LogP contribution in [0.2, 0.25) is 0 Å². The van der Waals surface area contributed by atoms with Crippen LogP contribution in [-0.2, 0) is 5.60 Å². The molecule has 2 nitrogen and oxygen atoms in total. The van der Waals surface area contributed by atoms with Crippen LogP contribution in [0, 0.1) is 0 Å². The Morgan fingerprint density at radius 1 is 1.14 bits per heavy atom. The average molecular weight is 291 g/mol. The second-order valence-electron chi connectivity index (χ2n) is 6.25. The molecule has 0 bridgehead atoms. The van der Waals surface area contributed by atoms with Gasteiger partial charge in [0.1, 0.15) is 11.4 Å². The molecule has 2 heterocycles. The van der Waals surface area contributed by atoms with Gasteiger partial charge in [-0.05, 0) is 11.6 Å². The predicted molar refractivity (Wildman–Crippen MR) is 89.2 cm³/mol. The first kappa shape index (κ1) is 13.6. The topological polar surface area (TPSA) is 12.5 Å². The highest BCUT2D eigenvalue weighted by Gasteiger charge is 2.52. The molecule has 0 saturated carbocycles. The molecule has 0 radical (unpaired) electrons. The minimum Gasteiger partial charge on any atom is -0.482 e. The summed E-state index contributed by atoms with van der Waals surface area (Å²) < 4.78 is 6.56. The highest BCUT2D eigenvalue weighted by Crippen LogP contribution is 2.54. The first-order valence-electron chi connectivity index (χ1n) is 8.00. The van der Waals surface area contributed by atoms with E-state index in [1.165, 1.54) is 11.1 Å². The van der Waals surface area contributed by atoms with Gasteiger partial charge in [0, 0.05) is 37.5 Å². The molecule has 22 heavy (non-hydrogen) atoms. The van der Waals surface area contributed by atoms with Crippen molar-refractivity contribution in [3.8, 4) is 5.75 Å². The Labute approximate surface area is 132 Å². The molecule has 2 aliphatic heterocycles. The third-order valence-corrected chi connectivity index (χ3v) is 5.04. The fraction of sp³-hybridized carbons (Fsp3) is 0.300. The maximum Gasteiger partial charge on any atom is 0.143 e. The van der Waals surface area contributed by atoms with Crippen LogP contribution in [0.15, 0.2) is 67.3 Å². The van der Waals surface area contributed by atoms with Crippen LogP contribution in [-0.4, -0.2) is 24.5 Å². The normalized spacial score (nSPS) is 26.8. The minimum absolute atomic E-state index is 0.206. The van der Waals surface area contributed by atoms with Gasteiger partial charge >= 0.3 is 0 Å². The molecular weight excluding hydrogens is 270 g/mol. The van der Waals surface area contributed by atoms with Crippen LogP contribution in [0.3, 0.4) is 0 Å². The number of hydrogen-bond acceptors (Lipinski definition) is 2. The molecule has 0 aromatic heterocycles. The van der Waals surface area contributed by atoms with Crippen molar-refractivity contribution in [1.29, 1.82) is 0 Å². The van der Waals surface area contributed by atoms with Crippen molar-refractivity contribution in [3.63, 3.8) is 0 Å². The van der Waals surface area contributed by atoms with Crippen LogP contribution >= 0.6 is 0 Å². The number of rotatable bonds is 3. The Balaban J connectivity index is 1.79. The van der Waals surface area contributed by atoms with Crippen molar-refractivity contribution in [2.45, 2.75) is 17.9 Å². The zero-order valence-electron chi connectivity index (χ0n) is 12.7. The van der Waals surface area contributed by atoms with Crippen molar-refractivity contribution < 1.29 is 4.74 Å². The lowest BCUT2D eigenvalue weighted by Gasteiger charge is -2.43. The van der Waals surface area contributed by atoms with Crippen molar-refractivity contribution in [1.82, 2.24) is 4.90 Å². The molecule has 2 aliphatic rings.